The van der Waals surface area contributed by atoms with Gasteiger partial charge < -0.3 is 14.5 Å². The van der Waals surface area contributed by atoms with Gasteiger partial charge >= 0.3 is 0 Å². The van der Waals surface area contributed by atoms with E-state index in [2.05, 4.69) is 0 Å². The molecule has 5 heteroatoms. The first-order valence-corrected chi connectivity index (χ1v) is 8.39. The predicted molar refractivity (Wildman–Crippen MR) is 78.7 cm³/mol. The molecule has 0 aromatic carbocycles. The average molecular weight is 294 g/mol. The van der Waals surface area contributed by atoms with E-state index < -0.39 is 0 Å². The smallest absolute Gasteiger partial charge is 0.246 e. The van der Waals surface area contributed by atoms with Crippen molar-refractivity contribution in [2.45, 2.75) is 76.6 Å². The number of piperazine rings is 1. The minimum Gasteiger partial charge on any atom is -0.376 e. The van der Waals surface area contributed by atoms with Gasteiger partial charge in [0, 0.05) is 13.2 Å². The standard InChI is InChI=1S/C16H26N2O3/c1-3-12-15(19)17-9-5-4-7-13(17)16(20)18(12)11(2)14-8-6-10-21-14/h11-14H,3-10H2,1-2H3. The molecule has 5 nitrogen and oxygen atoms in total. The lowest BCUT2D eigenvalue weighted by Gasteiger charge is -2.49. The Morgan fingerprint density at radius 1 is 1.19 bits per heavy atom. The first-order valence-electron chi connectivity index (χ1n) is 8.39. The largest absolute Gasteiger partial charge is 0.376 e. The molecule has 2 amide bonds. The van der Waals surface area contributed by atoms with E-state index in [1.807, 2.05) is 23.6 Å². The van der Waals surface area contributed by atoms with Gasteiger partial charge in [0.05, 0.1) is 12.1 Å². The maximum absolute atomic E-state index is 12.9. The van der Waals surface area contributed by atoms with Crippen molar-refractivity contribution in [3.8, 4) is 0 Å². The van der Waals surface area contributed by atoms with Gasteiger partial charge in [-0.1, -0.05) is 6.92 Å². The van der Waals surface area contributed by atoms with Crippen LogP contribution in [0.4, 0.5) is 0 Å². The molecule has 0 aliphatic carbocycles. The predicted octanol–water partition coefficient (Wildman–Crippen LogP) is 1.56. The summed E-state index contributed by atoms with van der Waals surface area (Å²) in [5, 5.41) is 0. The van der Waals surface area contributed by atoms with E-state index in [9.17, 15) is 9.59 Å². The van der Waals surface area contributed by atoms with Crippen LogP contribution in [-0.4, -0.2) is 59.0 Å². The van der Waals surface area contributed by atoms with Crippen LogP contribution in [0.15, 0.2) is 0 Å². The van der Waals surface area contributed by atoms with Crippen LogP contribution in [0.2, 0.25) is 0 Å². The van der Waals surface area contributed by atoms with Crippen LogP contribution >= 0.6 is 0 Å². The Morgan fingerprint density at radius 3 is 2.67 bits per heavy atom. The molecule has 0 N–H and O–H groups in total. The third kappa shape index (κ3) is 2.45. The molecule has 0 radical (unpaired) electrons. The Kier molecular flexibility index (Phi) is 4.20. The quantitative estimate of drug-likeness (QED) is 0.793. The molecule has 0 spiro atoms. The molecule has 0 saturated carbocycles. The summed E-state index contributed by atoms with van der Waals surface area (Å²) < 4.78 is 5.76. The van der Waals surface area contributed by atoms with E-state index in [-0.39, 0.29) is 36.0 Å². The van der Waals surface area contributed by atoms with E-state index in [1.165, 1.54) is 0 Å². The lowest BCUT2D eigenvalue weighted by atomic mass is 9.92. The zero-order valence-electron chi connectivity index (χ0n) is 13.1. The van der Waals surface area contributed by atoms with E-state index >= 15 is 0 Å². The summed E-state index contributed by atoms with van der Waals surface area (Å²) in [5.74, 6) is 0.288. The summed E-state index contributed by atoms with van der Waals surface area (Å²) in [7, 11) is 0. The van der Waals surface area contributed by atoms with Crippen molar-refractivity contribution in [2.24, 2.45) is 0 Å². The summed E-state index contributed by atoms with van der Waals surface area (Å²) >= 11 is 0. The fourth-order valence-electron chi connectivity index (χ4n) is 4.11. The molecule has 4 unspecified atom stereocenters. The highest BCUT2D eigenvalue weighted by molar-refractivity contribution is 5.97. The van der Waals surface area contributed by atoms with Crippen LogP contribution in [0.3, 0.4) is 0 Å². The van der Waals surface area contributed by atoms with Crippen LogP contribution in [0.25, 0.3) is 0 Å². The Balaban J connectivity index is 1.85. The summed E-state index contributed by atoms with van der Waals surface area (Å²) in [4.78, 5) is 29.4. The number of carbonyl (C=O) groups is 2. The van der Waals surface area contributed by atoms with Crippen LogP contribution in [-0.2, 0) is 14.3 Å². The second-order valence-electron chi connectivity index (χ2n) is 6.50. The number of ether oxygens (including phenoxy) is 1. The first-order chi connectivity index (χ1) is 10.1. The molecule has 3 rings (SSSR count). The highest BCUT2D eigenvalue weighted by atomic mass is 16.5. The van der Waals surface area contributed by atoms with Crippen molar-refractivity contribution in [1.82, 2.24) is 9.80 Å². The lowest BCUT2D eigenvalue weighted by molar-refractivity contribution is -0.169. The number of fused-ring (bicyclic) bond motifs is 1. The second kappa shape index (κ2) is 5.95. The first kappa shape index (κ1) is 14.8. The average Bonchev–Trinajstić information content (AvgIpc) is 3.04. The molecule has 3 heterocycles. The molecule has 3 saturated heterocycles. The molecule has 21 heavy (non-hydrogen) atoms. The SMILES string of the molecule is CCC1C(=O)N2CCCCC2C(=O)N1C(C)C1CCCO1. The Bertz CT molecular complexity index is 420. The minimum absolute atomic E-state index is 0.00187. The Labute approximate surface area is 126 Å². The zero-order chi connectivity index (χ0) is 15.0. The topological polar surface area (TPSA) is 49.9 Å². The number of nitrogens with zero attached hydrogens (tertiary/aromatic N) is 2. The number of hydrogen-bond donors (Lipinski definition) is 0. The van der Waals surface area contributed by atoms with Gasteiger partial charge in [0.25, 0.3) is 0 Å². The molecule has 3 fully saturated rings. The monoisotopic (exact) mass is 294 g/mol. The Hall–Kier alpha value is -1.10. The molecule has 0 bridgehead atoms. The van der Waals surface area contributed by atoms with E-state index in [0.29, 0.717) is 6.42 Å². The van der Waals surface area contributed by atoms with Crippen molar-refractivity contribution in [3.05, 3.63) is 0 Å². The van der Waals surface area contributed by atoms with Gasteiger partial charge in [-0.2, -0.15) is 0 Å². The van der Waals surface area contributed by atoms with Crippen molar-refractivity contribution in [2.75, 3.05) is 13.2 Å². The fraction of sp³-hybridized carbons (Fsp3) is 0.875. The molecule has 3 aliphatic heterocycles. The molecular weight excluding hydrogens is 268 g/mol. The minimum atomic E-state index is -0.300. The third-order valence-electron chi connectivity index (χ3n) is 5.27. The number of amides is 2. The van der Waals surface area contributed by atoms with Crippen molar-refractivity contribution in [1.29, 1.82) is 0 Å². The van der Waals surface area contributed by atoms with Gasteiger partial charge in [0.1, 0.15) is 12.1 Å². The lowest BCUT2D eigenvalue weighted by Crippen LogP contribution is -2.68. The number of carbonyl (C=O) groups excluding carboxylic acids is 2. The Morgan fingerprint density at radius 2 is 2.00 bits per heavy atom. The molecular formula is C16H26N2O3. The number of piperidine rings is 1. The van der Waals surface area contributed by atoms with E-state index in [4.69, 9.17) is 4.74 Å². The summed E-state index contributed by atoms with van der Waals surface area (Å²) in [6, 6.07) is -0.526. The zero-order valence-corrected chi connectivity index (χ0v) is 13.1. The van der Waals surface area contributed by atoms with Crippen molar-refractivity contribution >= 4 is 11.8 Å². The van der Waals surface area contributed by atoms with E-state index in [0.717, 1.165) is 45.3 Å². The third-order valence-corrected chi connectivity index (χ3v) is 5.27. The van der Waals surface area contributed by atoms with Crippen molar-refractivity contribution < 1.29 is 14.3 Å². The summed E-state index contributed by atoms with van der Waals surface area (Å²) in [6.07, 6.45) is 5.69. The fourth-order valence-corrected chi connectivity index (χ4v) is 4.11. The highest BCUT2D eigenvalue weighted by Crippen LogP contribution is 2.31. The van der Waals surface area contributed by atoms with Crippen LogP contribution in [0.5, 0.6) is 0 Å². The molecule has 4 atom stereocenters. The van der Waals surface area contributed by atoms with Crippen LogP contribution in [0, 0.1) is 0 Å². The second-order valence-corrected chi connectivity index (χ2v) is 6.50. The van der Waals surface area contributed by atoms with Crippen LogP contribution in [0.1, 0.15) is 52.4 Å². The molecule has 0 aromatic rings. The van der Waals surface area contributed by atoms with Gasteiger partial charge in [-0.25, -0.2) is 0 Å². The maximum atomic E-state index is 12.9. The number of hydrogen-bond acceptors (Lipinski definition) is 3. The number of rotatable bonds is 3. The van der Waals surface area contributed by atoms with Crippen molar-refractivity contribution in [3.63, 3.8) is 0 Å². The summed E-state index contributed by atoms with van der Waals surface area (Å²) in [5.41, 5.74) is 0. The van der Waals surface area contributed by atoms with Gasteiger partial charge in [0.2, 0.25) is 11.8 Å². The normalized spacial score (nSPS) is 35.0. The van der Waals surface area contributed by atoms with Gasteiger partial charge in [0.15, 0.2) is 0 Å². The van der Waals surface area contributed by atoms with Gasteiger partial charge in [-0.05, 0) is 45.4 Å². The van der Waals surface area contributed by atoms with Gasteiger partial charge in [-0.15, -0.1) is 0 Å². The maximum Gasteiger partial charge on any atom is 0.246 e. The van der Waals surface area contributed by atoms with Gasteiger partial charge in [-0.3, -0.25) is 9.59 Å². The highest BCUT2D eigenvalue weighted by Gasteiger charge is 2.48. The molecule has 0 aromatic heterocycles. The molecule has 3 aliphatic rings. The van der Waals surface area contributed by atoms with E-state index in [1.54, 1.807) is 0 Å². The summed E-state index contributed by atoms with van der Waals surface area (Å²) in [6.45, 7) is 5.56. The molecule has 118 valence electrons. The van der Waals surface area contributed by atoms with Crippen LogP contribution < -0.4 is 0 Å².